The first kappa shape index (κ1) is 11.6. The Bertz CT molecular complexity index is 378. The third kappa shape index (κ3) is 2.30. The molecule has 1 aromatic rings. The number of carboxylic acids is 1. The van der Waals surface area contributed by atoms with Crippen molar-refractivity contribution in [1.29, 1.82) is 0 Å². The van der Waals surface area contributed by atoms with Crippen LogP contribution in [0, 0.1) is 0 Å². The van der Waals surface area contributed by atoms with E-state index in [4.69, 9.17) is 9.84 Å². The van der Waals surface area contributed by atoms with Crippen LogP contribution in [0.15, 0.2) is 23.1 Å². The van der Waals surface area contributed by atoms with Crippen LogP contribution in [0.5, 0.6) is 5.75 Å². The molecule has 0 radical (unpaired) electrons. The Balaban J connectivity index is 3.34. The maximum Gasteiger partial charge on any atom is 0.377 e. The molecule has 0 amide bonds. The molecule has 0 aliphatic rings. The number of hydrogen-bond acceptors (Lipinski definition) is 4. The Labute approximate surface area is 91.2 Å². The van der Waals surface area contributed by atoms with Crippen molar-refractivity contribution >= 4 is 23.5 Å². The van der Waals surface area contributed by atoms with Gasteiger partial charge in [0.25, 0.3) is 5.78 Å². The maximum atomic E-state index is 11.4. The molecule has 0 saturated heterocycles. The lowest BCUT2D eigenvalue weighted by Crippen LogP contribution is -2.14. The molecule has 0 aromatic heterocycles. The highest BCUT2D eigenvalue weighted by Crippen LogP contribution is 2.29. The topological polar surface area (TPSA) is 63.6 Å². The van der Waals surface area contributed by atoms with Gasteiger partial charge in [0, 0.05) is 4.90 Å². The normalized spacial score (nSPS) is 9.73. The molecule has 1 N–H and O–H groups in total. The van der Waals surface area contributed by atoms with Gasteiger partial charge in [0.15, 0.2) is 0 Å². The van der Waals surface area contributed by atoms with Crippen molar-refractivity contribution in [2.24, 2.45) is 0 Å². The number of carbonyl (C=O) groups excluding carboxylic acids is 1. The maximum absolute atomic E-state index is 11.4. The second kappa shape index (κ2) is 4.84. The number of thioether (sulfide) groups is 1. The molecule has 0 fully saturated rings. The minimum atomic E-state index is -1.48. The summed E-state index contributed by atoms with van der Waals surface area (Å²) in [4.78, 5) is 22.6. The van der Waals surface area contributed by atoms with Gasteiger partial charge in [-0.3, -0.25) is 4.79 Å². The molecule has 1 rings (SSSR count). The molecular weight excluding hydrogens is 216 g/mol. The summed E-state index contributed by atoms with van der Waals surface area (Å²) >= 11 is 1.31. The third-order valence-electron chi connectivity index (χ3n) is 1.85. The van der Waals surface area contributed by atoms with Gasteiger partial charge in [-0.25, -0.2) is 4.79 Å². The molecule has 1 aromatic carbocycles. The van der Waals surface area contributed by atoms with Gasteiger partial charge in [0.1, 0.15) is 5.75 Å². The van der Waals surface area contributed by atoms with E-state index in [1.807, 2.05) is 0 Å². The number of carboxylic acid groups (broad SMARTS) is 1. The second-order valence-corrected chi connectivity index (χ2v) is 3.52. The molecule has 4 nitrogen and oxygen atoms in total. The largest absolute Gasteiger partial charge is 0.496 e. The summed E-state index contributed by atoms with van der Waals surface area (Å²) in [7, 11) is 1.40. The van der Waals surface area contributed by atoms with Crippen LogP contribution in [-0.4, -0.2) is 30.2 Å². The van der Waals surface area contributed by atoms with E-state index in [1.54, 1.807) is 24.5 Å². The van der Waals surface area contributed by atoms with Crippen molar-refractivity contribution in [3.63, 3.8) is 0 Å². The average Bonchev–Trinajstić information content (AvgIpc) is 2.26. The molecular formula is C10H10O4S. The van der Waals surface area contributed by atoms with Crippen LogP contribution in [0.2, 0.25) is 0 Å². The number of ether oxygens (including phenoxy) is 1. The lowest BCUT2D eigenvalue weighted by atomic mass is 10.1. The Kier molecular flexibility index (Phi) is 3.74. The fourth-order valence-corrected chi connectivity index (χ4v) is 1.79. The van der Waals surface area contributed by atoms with Gasteiger partial charge < -0.3 is 9.84 Å². The van der Waals surface area contributed by atoms with E-state index in [9.17, 15) is 9.59 Å². The molecule has 0 aliphatic heterocycles. The number of hydrogen-bond donors (Lipinski definition) is 1. The molecule has 0 aliphatic carbocycles. The van der Waals surface area contributed by atoms with E-state index in [0.29, 0.717) is 4.90 Å². The first-order chi connectivity index (χ1) is 7.11. The number of methoxy groups -OCH3 is 1. The van der Waals surface area contributed by atoms with Crippen LogP contribution in [0.3, 0.4) is 0 Å². The highest BCUT2D eigenvalue weighted by Gasteiger charge is 2.22. The van der Waals surface area contributed by atoms with Crippen molar-refractivity contribution in [3.8, 4) is 5.75 Å². The minimum Gasteiger partial charge on any atom is -0.496 e. The number of aliphatic carboxylic acids is 1. The standard InChI is InChI=1S/C10H10O4S/c1-14-6-4-3-5-7(15-2)8(6)9(11)10(12)13/h3-5H,1-2H3,(H,12,13). The monoisotopic (exact) mass is 226 g/mol. The molecule has 0 spiro atoms. The zero-order valence-electron chi connectivity index (χ0n) is 8.31. The van der Waals surface area contributed by atoms with Crippen LogP contribution in [0.1, 0.15) is 10.4 Å². The highest BCUT2D eigenvalue weighted by molar-refractivity contribution is 7.98. The van der Waals surface area contributed by atoms with Gasteiger partial charge in [-0.15, -0.1) is 11.8 Å². The Morgan fingerprint density at radius 2 is 2.07 bits per heavy atom. The molecule has 0 saturated carbocycles. The van der Waals surface area contributed by atoms with Crippen molar-refractivity contribution in [2.45, 2.75) is 4.90 Å². The van der Waals surface area contributed by atoms with Crippen LogP contribution in [0.25, 0.3) is 0 Å². The number of rotatable bonds is 4. The van der Waals surface area contributed by atoms with Gasteiger partial charge in [-0.05, 0) is 18.4 Å². The number of ketones is 1. The SMILES string of the molecule is COc1cccc(SC)c1C(=O)C(=O)O. The van der Waals surface area contributed by atoms with Crippen molar-refractivity contribution in [3.05, 3.63) is 23.8 Å². The number of carbonyl (C=O) groups is 2. The first-order valence-electron chi connectivity index (χ1n) is 4.10. The van der Waals surface area contributed by atoms with E-state index < -0.39 is 11.8 Å². The smallest absolute Gasteiger partial charge is 0.377 e. The van der Waals surface area contributed by atoms with Gasteiger partial charge >= 0.3 is 5.97 Å². The van der Waals surface area contributed by atoms with E-state index >= 15 is 0 Å². The number of Topliss-reactive ketones (excluding diaryl/α,β-unsaturated/α-hetero) is 1. The highest BCUT2D eigenvalue weighted by atomic mass is 32.2. The van der Waals surface area contributed by atoms with E-state index in [-0.39, 0.29) is 11.3 Å². The van der Waals surface area contributed by atoms with Crippen LogP contribution in [0.4, 0.5) is 0 Å². The Morgan fingerprint density at radius 3 is 2.53 bits per heavy atom. The molecule has 0 bridgehead atoms. The molecule has 80 valence electrons. The van der Waals surface area contributed by atoms with Crippen LogP contribution >= 0.6 is 11.8 Å². The minimum absolute atomic E-state index is 0.111. The molecule has 0 unspecified atom stereocenters. The van der Waals surface area contributed by atoms with Crippen molar-refractivity contribution in [1.82, 2.24) is 0 Å². The molecule has 0 atom stereocenters. The van der Waals surface area contributed by atoms with Crippen molar-refractivity contribution in [2.75, 3.05) is 13.4 Å². The van der Waals surface area contributed by atoms with E-state index in [2.05, 4.69) is 0 Å². The van der Waals surface area contributed by atoms with Crippen molar-refractivity contribution < 1.29 is 19.4 Å². The van der Waals surface area contributed by atoms with Gasteiger partial charge in [0.2, 0.25) is 0 Å². The van der Waals surface area contributed by atoms with Gasteiger partial charge in [-0.1, -0.05) is 6.07 Å². The Morgan fingerprint density at radius 1 is 1.40 bits per heavy atom. The predicted octanol–water partition coefficient (Wildman–Crippen LogP) is 1.68. The van der Waals surface area contributed by atoms with Crippen LogP contribution < -0.4 is 4.74 Å². The average molecular weight is 226 g/mol. The summed E-state index contributed by atoms with van der Waals surface area (Å²) in [5, 5.41) is 8.66. The summed E-state index contributed by atoms with van der Waals surface area (Å²) in [6.07, 6.45) is 1.77. The fourth-order valence-electron chi connectivity index (χ4n) is 1.18. The lowest BCUT2D eigenvalue weighted by Gasteiger charge is -2.08. The van der Waals surface area contributed by atoms with Crippen LogP contribution in [-0.2, 0) is 4.79 Å². The fraction of sp³-hybridized carbons (Fsp3) is 0.200. The number of benzene rings is 1. The van der Waals surface area contributed by atoms with E-state index in [0.717, 1.165) is 0 Å². The second-order valence-electron chi connectivity index (χ2n) is 2.67. The van der Waals surface area contributed by atoms with Gasteiger partial charge in [-0.2, -0.15) is 0 Å². The summed E-state index contributed by atoms with van der Waals surface area (Å²) < 4.78 is 4.96. The third-order valence-corrected chi connectivity index (χ3v) is 2.63. The van der Waals surface area contributed by atoms with E-state index in [1.165, 1.54) is 18.9 Å². The predicted molar refractivity (Wildman–Crippen MR) is 56.7 cm³/mol. The molecule has 15 heavy (non-hydrogen) atoms. The zero-order valence-corrected chi connectivity index (χ0v) is 9.13. The summed E-state index contributed by atoms with van der Waals surface area (Å²) in [6, 6.07) is 4.96. The lowest BCUT2D eigenvalue weighted by molar-refractivity contribution is -0.131. The summed E-state index contributed by atoms with van der Waals surface area (Å²) in [6.45, 7) is 0. The zero-order chi connectivity index (χ0) is 11.4. The summed E-state index contributed by atoms with van der Waals surface area (Å²) in [5.41, 5.74) is 0.111. The Hall–Kier alpha value is -1.49. The van der Waals surface area contributed by atoms with Gasteiger partial charge in [0.05, 0.1) is 12.7 Å². The molecule has 0 heterocycles. The quantitative estimate of drug-likeness (QED) is 0.481. The first-order valence-corrected chi connectivity index (χ1v) is 5.33. The summed E-state index contributed by atoms with van der Waals surface area (Å²) in [5.74, 6) is -2.14. The molecule has 5 heteroatoms.